The van der Waals surface area contributed by atoms with Crippen molar-refractivity contribution in [1.29, 1.82) is 0 Å². The molecule has 3 aromatic heterocycles. The lowest BCUT2D eigenvalue weighted by atomic mass is 10.1. The van der Waals surface area contributed by atoms with Crippen molar-refractivity contribution in [2.75, 3.05) is 7.11 Å². The number of H-pyrrole nitrogens is 1. The minimum Gasteiger partial charge on any atom is -0.476 e. The molecule has 1 unspecified atom stereocenters. The van der Waals surface area contributed by atoms with Crippen LogP contribution in [0.25, 0.3) is 5.65 Å². The van der Waals surface area contributed by atoms with Crippen molar-refractivity contribution in [3.05, 3.63) is 41.6 Å². The van der Waals surface area contributed by atoms with Gasteiger partial charge in [0.1, 0.15) is 11.8 Å². The molecule has 2 N–H and O–H groups in total. The van der Waals surface area contributed by atoms with Gasteiger partial charge in [0.25, 0.3) is 0 Å². The van der Waals surface area contributed by atoms with Gasteiger partial charge in [-0.2, -0.15) is 5.21 Å². The zero-order valence-corrected chi connectivity index (χ0v) is 11.8. The van der Waals surface area contributed by atoms with Crippen LogP contribution in [0, 0.1) is 0 Å². The second-order valence-electron chi connectivity index (χ2n) is 4.77. The Balaban J connectivity index is 1.74. The average Bonchev–Trinajstić information content (AvgIpc) is 3.16. The van der Waals surface area contributed by atoms with E-state index in [1.165, 1.54) is 6.20 Å². The molecular formula is C13H14N6O3. The molecular weight excluding hydrogens is 288 g/mol. The van der Waals surface area contributed by atoms with Crippen molar-refractivity contribution in [3.8, 4) is 0 Å². The molecule has 0 aromatic carbocycles. The molecule has 0 spiro atoms. The van der Waals surface area contributed by atoms with Gasteiger partial charge in [0.05, 0.1) is 0 Å². The maximum absolute atomic E-state index is 10.9. The molecule has 0 saturated heterocycles. The van der Waals surface area contributed by atoms with Crippen molar-refractivity contribution < 1.29 is 14.6 Å². The standard InChI is InChI=1S/C13H14N6O3/c1-22-10(12-15-17-18-16-12)4-2-8-3-5-11-14-9(13(20)21)7-19(11)6-8/h3,5-7,10H,2,4H2,1H3,(H,20,21)(H,15,16,17,18). The van der Waals surface area contributed by atoms with Crippen molar-refractivity contribution in [2.45, 2.75) is 18.9 Å². The Bertz CT molecular complexity index is 782. The van der Waals surface area contributed by atoms with Gasteiger partial charge in [0.2, 0.25) is 5.82 Å². The molecule has 0 radical (unpaired) electrons. The van der Waals surface area contributed by atoms with E-state index in [-0.39, 0.29) is 11.8 Å². The van der Waals surface area contributed by atoms with Crippen LogP contribution in [-0.4, -0.2) is 48.2 Å². The highest BCUT2D eigenvalue weighted by molar-refractivity contribution is 5.86. The average molecular weight is 302 g/mol. The summed E-state index contributed by atoms with van der Waals surface area (Å²) in [4.78, 5) is 14.9. The van der Waals surface area contributed by atoms with Gasteiger partial charge in [0.15, 0.2) is 5.69 Å². The number of carbonyl (C=O) groups is 1. The van der Waals surface area contributed by atoms with Crippen LogP contribution in [0.2, 0.25) is 0 Å². The van der Waals surface area contributed by atoms with Crippen LogP contribution in [0.4, 0.5) is 0 Å². The van der Waals surface area contributed by atoms with Gasteiger partial charge in [-0.1, -0.05) is 11.3 Å². The van der Waals surface area contributed by atoms with Gasteiger partial charge in [-0.3, -0.25) is 0 Å². The SMILES string of the molecule is COC(CCc1ccc2nc(C(=O)O)cn2c1)c1nn[nH]n1. The highest BCUT2D eigenvalue weighted by atomic mass is 16.5. The number of methoxy groups -OCH3 is 1. The summed E-state index contributed by atoms with van der Waals surface area (Å²) in [7, 11) is 1.60. The summed E-state index contributed by atoms with van der Waals surface area (Å²) in [5.41, 5.74) is 1.66. The normalized spacial score (nSPS) is 12.6. The third kappa shape index (κ3) is 2.79. The van der Waals surface area contributed by atoms with Gasteiger partial charge < -0.3 is 14.2 Å². The van der Waals surface area contributed by atoms with E-state index in [0.717, 1.165) is 12.0 Å². The molecule has 0 aliphatic carbocycles. The summed E-state index contributed by atoms with van der Waals surface area (Å²) in [6.07, 6.45) is 4.52. The van der Waals surface area contributed by atoms with E-state index in [9.17, 15) is 4.79 Å². The van der Waals surface area contributed by atoms with Crippen molar-refractivity contribution >= 4 is 11.6 Å². The summed E-state index contributed by atoms with van der Waals surface area (Å²) >= 11 is 0. The fourth-order valence-corrected chi connectivity index (χ4v) is 2.24. The van der Waals surface area contributed by atoms with Gasteiger partial charge >= 0.3 is 5.97 Å². The quantitative estimate of drug-likeness (QED) is 0.693. The van der Waals surface area contributed by atoms with Crippen LogP contribution < -0.4 is 0 Å². The van der Waals surface area contributed by atoms with E-state index in [1.54, 1.807) is 17.6 Å². The number of aromatic carboxylic acids is 1. The van der Waals surface area contributed by atoms with Gasteiger partial charge in [-0.05, 0) is 24.5 Å². The number of fused-ring (bicyclic) bond motifs is 1. The number of tetrazole rings is 1. The fourth-order valence-electron chi connectivity index (χ4n) is 2.24. The third-order valence-corrected chi connectivity index (χ3v) is 3.36. The van der Waals surface area contributed by atoms with Crippen molar-refractivity contribution in [2.24, 2.45) is 0 Å². The first-order valence-electron chi connectivity index (χ1n) is 6.64. The second kappa shape index (κ2) is 5.90. The molecule has 0 saturated carbocycles. The van der Waals surface area contributed by atoms with E-state index < -0.39 is 5.97 Å². The molecule has 3 heterocycles. The lowest BCUT2D eigenvalue weighted by Crippen LogP contribution is -2.06. The predicted molar refractivity (Wildman–Crippen MR) is 74.4 cm³/mol. The number of aromatic amines is 1. The molecule has 3 aromatic rings. The Morgan fingerprint density at radius 3 is 3.00 bits per heavy atom. The molecule has 0 aliphatic heterocycles. The Morgan fingerprint density at radius 1 is 1.45 bits per heavy atom. The molecule has 9 nitrogen and oxygen atoms in total. The number of rotatable bonds is 6. The molecule has 1 atom stereocenters. The smallest absolute Gasteiger partial charge is 0.356 e. The molecule has 0 fully saturated rings. The molecule has 22 heavy (non-hydrogen) atoms. The number of ether oxygens (including phenoxy) is 1. The van der Waals surface area contributed by atoms with E-state index in [0.29, 0.717) is 17.9 Å². The Hall–Kier alpha value is -2.81. The highest BCUT2D eigenvalue weighted by Gasteiger charge is 2.15. The summed E-state index contributed by atoms with van der Waals surface area (Å²) in [5.74, 6) is -0.527. The Labute approximate surface area is 124 Å². The zero-order valence-electron chi connectivity index (χ0n) is 11.8. The van der Waals surface area contributed by atoms with E-state index >= 15 is 0 Å². The number of hydrogen-bond donors (Lipinski definition) is 2. The first-order chi connectivity index (χ1) is 10.7. The molecule has 3 rings (SSSR count). The minimum absolute atomic E-state index is 0.0266. The van der Waals surface area contributed by atoms with Crippen LogP contribution in [0.1, 0.15) is 34.4 Å². The van der Waals surface area contributed by atoms with Crippen molar-refractivity contribution in [1.82, 2.24) is 30.0 Å². The number of nitrogens with zero attached hydrogens (tertiary/aromatic N) is 5. The zero-order chi connectivity index (χ0) is 15.5. The summed E-state index contributed by atoms with van der Waals surface area (Å²) in [6, 6.07) is 3.70. The second-order valence-corrected chi connectivity index (χ2v) is 4.77. The number of aromatic nitrogens is 6. The number of aryl methyl sites for hydroxylation is 1. The number of hydrogen-bond acceptors (Lipinski definition) is 6. The van der Waals surface area contributed by atoms with Crippen LogP contribution >= 0.6 is 0 Å². The minimum atomic E-state index is -1.04. The van der Waals surface area contributed by atoms with Crippen LogP contribution in [-0.2, 0) is 11.2 Å². The number of nitrogens with one attached hydrogen (secondary N) is 1. The number of pyridine rings is 1. The van der Waals surface area contributed by atoms with Gasteiger partial charge in [0, 0.05) is 19.5 Å². The number of imidazole rings is 1. The first-order valence-corrected chi connectivity index (χ1v) is 6.64. The van der Waals surface area contributed by atoms with Crippen molar-refractivity contribution in [3.63, 3.8) is 0 Å². The van der Waals surface area contributed by atoms with Gasteiger partial charge in [-0.25, -0.2) is 9.78 Å². The number of carboxylic acid groups (broad SMARTS) is 1. The molecule has 9 heteroatoms. The lowest BCUT2D eigenvalue weighted by molar-refractivity contribution is 0.0691. The molecule has 0 aliphatic rings. The third-order valence-electron chi connectivity index (χ3n) is 3.36. The van der Waals surface area contributed by atoms with Gasteiger partial charge in [-0.15, -0.1) is 10.2 Å². The van der Waals surface area contributed by atoms with Crippen LogP contribution in [0.15, 0.2) is 24.5 Å². The van der Waals surface area contributed by atoms with E-state index in [2.05, 4.69) is 25.6 Å². The summed E-state index contributed by atoms with van der Waals surface area (Å²) in [6.45, 7) is 0. The topological polar surface area (TPSA) is 118 Å². The van der Waals surface area contributed by atoms with Crippen LogP contribution in [0.5, 0.6) is 0 Å². The molecule has 114 valence electrons. The summed E-state index contributed by atoms with van der Waals surface area (Å²) < 4.78 is 7.06. The summed E-state index contributed by atoms with van der Waals surface area (Å²) in [5, 5.41) is 22.7. The van der Waals surface area contributed by atoms with Crippen LogP contribution in [0.3, 0.4) is 0 Å². The first kappa shape index (κ1) is 14.1. The molecule has 0 bridgehead atoms. The lowest BCUT2D eigenvalue weighted by Gasteiger charge is -2.11. The number of carboxylic acids is 1. The maximum Gasteiger partial charge on any atom is 0.356 e. The fraction of sp³-hybridized carbons (Fsp3) is 0.308. The largest absolute Gasteiger partial charge is 0.476 e. The monoisotopic (exact) mass is 302 g/mol. The Kier molecular flexibility index (Phi) is 3.79. The highest BCUT2D eigenvalue weighted by Crippen LogP contribution is 2.19. The maximum atomic E-state index is 10.9. The van der Waals surface area contributed by atoms with E-state index in [1.807, 2.05) is 12.3 Å². The predicted octanol–water partition coefficient (Wildman–Crippen LogP) is 0.866. The van der Waals surface area contributed by atoms with E-state index in [4.69, 9.17) is 9.84 Å². The molecule has 0 amide bonds. The Morgan fingerprint density at radius 2 is 2.32 bits per heavy atom.